The van der Waals surface area contributed by atoms with Gasteiger partial charge < -0.3 is 20.0 Å². The van der Waals surface area contributed by atoms with E-state index in [4.69, 9.17) is 10.1 Å². The molecule has 0 aliphatic carbocycles. The second-order valence-electron chi connectivity index (χ2n) is 4.53. The van der Waals surface area contributed by atoms with E-state index in [0.29, 0.717) is 22.3 Å². The number of benzene rings is 1. The Bertz CT molecular complexity index is 708. The van der Waals surface area contributed by atoms with Crippen LogP contribution in [0.25, 0.3) is 0 Å². The topological polar surface area (TPSA) is 67.1 Å². The standard InChI is InChI=1S/C15H16BrN3O2/c1-19-9-13(16)12(7-17)14(15(19)20)18-8-10-3-5-11(21-2)6-4-10/h3-7,9,17-18H,8H2,1-2H3. The monoisotopic (exact) mass is 349 g/mol. The van der Waals surface area contributed by atoms with Crippen LogP contribution in [0.15, 0.2) is 39.7 Å². The molecule has 21 heavy (non-hydrogen) atoms. The van der Waals surface area contributed by atoms with Gasteiger partial charge in [-0.3, -0.25) is 4.79 Å². The Morgan fingerprint density at radius 1 is 1.38 bits per heavy atom. The molecule has 0 saturated carbocycles. The van der Waals surface area contributed by atoms with Gasteiger partial charge in [0.2, 0.25) is 0 Å². The third kappa shape index (κ3) is 3.33. The Balaban J connectivity index is 2.26. The summed E-state index contributed by atoms with van der Waals surface area (Å²) in [5.74, 6) is 0.789. The molecule has 0 fully saturated rings. The molecule has 0 spiro atoms. The molecule has 6 heteroatoms. The van der Waals surface area contributed by atoms with Crippen molar-refractivity contribution in [2.45, 2.75) is 6.54 Å². The molecule has 0 saturated heterocycles. The molecule has 5 nitrogen and oxygen atoms in total. The van der Waals surface area contributed by atoms with E-state index in [1.807, 2.05) is 24.3 Å². The first-order valence-corrected chi connectivity index (χ1v) is 7.12. The first-order valence-electron chi connectivity index (χ1n) is 6.33. The van der Waals surface area contributed by atoms with Crippen molar-refractivity contribution < 1.29 is 4.74 Å². The third-order valence-corrected chi connectivity index (χ3v) is 3.77. The van der Waals surface area contributed by atoms with Gasteiger partial charge >= 0.3 is 0 Å². The Kier molecular flexibility index (Phi) is 4.80. The van der Waals surface area contributed by atoms with Crippen LogP contribution in [0.4, 0.5) is 5.69 Å². The van der Waals surface area contributed by atoms with Crippen LogP contribution in [0.1, 0.15) is 11.1 Å². The Morgan fingerprint density at radius 3 is 2.62 bits per heavy atom. The van der Waals surface area contributed by atoms with Crippen LogP contribution in [0, 0.1) is 5.41 Å². The molecule has 110 valence electrons. The van der Waals surface area contributed by atoms with Gasteiger partial charge in [0.15, 0.2) is 0 Å². The van der Waals surface area contributed by atoms with Crippen LogP contribution in [-0.4, -0.2) is 17.9 Å². The fourth-order valence-corrected chi connectivity index (χ4v) is 2.57. The Morgan fingerprint density at radius 2 is 2.05 bits per heavy atom. The van der Waals surface area contributed by atoms with Gasteiger partial charge in [-0.1, -0.05) is 12.1 Å². The molecule has 0 bridgehead atoms. The van der Waals surface area contributed by atoms with Crippen molar-refractivity contribution in [2.75, 3.05) is 12.4 Å². The molecule has 1 heterocycles. The minimum absolute atomic E-state index is 0.162. The average Bonchev–Trinajstić information content (AvgIpc) is 2.50. The summed E-state index contributed by atoms with van der Waals surface area (Å²) in [6, 6.07) is 7.60. The number of anilines is 1. The number of ether oxygens (including phenoxy) is 1. The smallest absolute Gasteiger partial charge is 0.274 e. The van der Waals surface area contributed by atoms with E-state index in [1.165, 1.54) is 10.8 Å². The summed E-state index contributed by atoms with van der Waals surface area (Å²) < 4.78 is 7.29. The van der Waals surface area contributed by atoms with E-state index < -0.39 is 0 Å². The maximum absolute atomic E-state index is 12.2. The van der Waals surface area contributed by atoms with E-state index in [2.05, 4.69) is 21.2 Å². The Labute approximate surface area is 131 Å². The van der Waals surface area contributed by atoms with Crippen LogP contribution >= 0.6 is 15.9 Å². The highest BCUT2D eigenvalue weighted by molar-refractivity contribution is 9.10. The first kappa shape index (κ1) is 15.3. The van der Waals surface area contributed by atoms with Gasteiger partial charge in [0, 0.05) is 36.0 Å². The quantitative estimate of drug-likeness (QED) is 0.815. The Hall–Kier alpha value is -2.08. The van der Waals surface area contributed by atoms with Crippen molar-refractivity contribution in [3.05, 3.63) is 56.4 Å². The maximum atomic E-state index is 12.2. The lowest BCUT2D eigenvalue weighted by Gasteiger charge is -2.12. The largest absolute Gasteiger partial charge is 0.497 e. The number of nitrogens with zero attached hydrogens (tertiary/aromatic N) is 1. The number of pyridine rings is 1. The lowest BCUT2D eigenvalue weighted by molar-refractivity contribution is 0.414. The van der Waals surface area contributed by atoms with Gasteiger partial charge in [-0.2, -0.15) is 0 Å². The van der Waals surface area contributed by atoms with Crippen molar-refractivity contribution in [3.63, 3.8) is 0 Å². The number of nitrogens with one attached hydrogen (secondary N) is 2. The summed E-state index contributed by atoms with van der Waals surface area (Å²) in [5.41, 5.74) is 1.82. The lowest BCUT2D eigenvalue weighted by atomic mass is 10.2. The van der Waals surface area contributed by atoms with Crippen molar-refractivity contribution in [1.82, 2.24) is 4.57 Å². The number of methoxy groups -OCH3 is 1. The summed E-state index contributed by atoms with van der Waals surface area (Å²) in [6.07, 6.45) is 2.82. The summed E-state index contributed by atoms with van der Waals surface area (Å²) in [7, 11) is 3.30. The number of rotatable bonds is 5. The molecule has 0 amide bonds. The van der Waals surface area contributed by atoms with Crippen molar-refractivity contribution >= 4 is 27.8 Å². The zero-order valence-electron chi connectivity index (χ0n) is 11.8. The van der Waals surface area contributed by atoms with Crippen LogP contribution in [0.2, 0.25) is 0 Å². The zero-order valence-corrected chi connectivity index (χ0v) is 13.4. The summed E-state index contributed by atoms with van der Waals surface area (Å²) >= 11 is 3.37. The molecule has 2 rings (SSSR count). The normalized spacial score (nSPS) is 10.2. The summed E-state index contributed by atoms with van der Waals surface area (Å²) in [4.78, 5) is 12.2. The first-order chi connectivity index (χ1) is 10.1. The second-order valence-corrected chi connectivity index (χ2v) is 5.38. The average molecular weight is 350 g/mol. The SMILES string of the molecule is COc1ccc(CNc2c(C=N)c(Br)cn(C)c2=O)cc1. The highest BCUT2D eigenvalue weighted by atomic mass is 79.9. The molecular formula is C15H16BrN3O2. The lowest BCUT2D eigenvalue weighted by Crippen LogP contribution is -2.23. The van der Waals surface area contributed by atoms with Crippen molar-refractivity contribution in [3.8, 4) is 5.75 Å². The van der Waals surface area contributed by atoms with Gasteiger partial charge in [0.1, 0.15) is 11.4 Å². The van der Waals surface area contributed by atoms with Gasteiger partial charge in [-0.15, -0.1) is 0 Å². The van der Waals surface area contributed by atoms with Gasteiger partial charge in [-0.05, 0) is 33.6 Å². The predicted octanol–water partition coefficient (Wildman–Crippen LogP) is 2.77. The molecule has 0 aliphatic heterocycles. The maximum Gasteiger partial charge on any atom is 0.274 e. The predicted molar refractivity (Wildman–Crippen MR) is 87.6 cm³/mol. The molecule has 0 radical (unpaired) electrons. The van der Waals surface area contributed by atoms with Gasteiger partial charge in [0.05, 0.1) is 7.11 Å². The highest BCUT2D eigenvalue weighted by Gasteiger charge is 2.11. The van der Waals surface area contributed by atoms with E-state index in [9.17, 15) is 4.79 Å². The number of hydrogen-bond acceptors (Lipinski definition) is 4. The molecule has 1 aromatic carbocycles. The van der Waals surface area contributed by atoms with Crippen LogP contribution in [-0.2, 0) is 13.6 Å². The van der Waals surface area contributed by atoms with Crippen molar-refractivity contribution in [1.29, 1.82) is 5.41 Å². The minimum atomic E-state index is -0.162. The molecular weight excluding hydrogens is 334 g/mol. The fourth-order valence-electron chi connectivity index (χ4n) is 1.95. The second kappa shape index (κ2) is 6.58. The molecule has 0 atom stereocenters. The van der Waals surface area contributed by atoms with Gasteiger partial charge in [-0.25, -0.2) is 0 Å². The number of hydrogen-bond donors (Lipinski definition) is 2. The summed E-state index contributed by atoms with van der Waals surface area (Å²) in [6.45, 7) is 0.497. The third-order valence-electron chi connectivity index (χ3n) is 3.14. The number of halogens is 1. The molecule has 1 aromatic heterocycles. The van der Waals surface area contributed by atoms with Crippen molar-refractivity contribution in [2.24, 2.45) is 7.05 Å². The molecule has 2 N–H and O–H groups in total. The van der Waals surface area contributed by atoms with Crippen LogP contribution < -0.4 is 15.6 Å². The molecule has 0 aliphatic rings. The number of aryl methyl sites for hydroxylation is 1. The van der Waals surface area contributed by atoms with Crippen LogP contribution in [0.3, 0.4) is 0 Å². The van der Waals surface area contributed by atoms with E-state index in [1.54, 1.807) is 20.4 Å². The molecule has 0 unspecified atom stereocenters. The highest BCUT2D eigenvalue weighted by Crippen LogP contribution is 2.20. The zero-order chi connectivity index (χ0) is 15.4. The molecule has 2 aromatic rings. The summed E-state index contributed by atoms with van der Waals surface area (Å²) in [5, 5.41) is 10.6. The number of aromatic nitrogens is 1. The van der Waals surface area contributed by atoms with E-state index in [0.717, 1.165) is 11.3 Å². The van der Waals surface area contributed by atoms with E-state index >= 15 is 0 Å². The minimum Gasteiger partial charge on any atom is -0.497 e. The van der Waals surface area contributed by atoms with E-state index in [-0.39, 0.29) is 5.56 Å². The van der Waals surface area contributed by atoms with Gasteiger partial charge in [0.25, 0.3) is 5.56 Å². The fraction of sp³-hybridized carbons (Fsp3) is 0.200. The van der Waals surface area contributed by atoms with Crippen LogP contribution in [0.5, 0.6) is 5.75 Å².